The van der Waals surface area contributed by atoms with Gasteiger partial charge in [0.25, 0.3) is 0 Å². The number of furan rings is 1. The van der Waals surface area contributed by atoms with E-state index in [9.17, 15) is 13.2 Å². The molecular weight excluding hydrogens is 285 g/mol. The third kappa shape index (κ3) is 4.45. The molecule has 0 aliphatic rings. The Morgan fingerprint density at radius 1 is 1.33 bits per heavy atom. The van der Waals surface area contributed by atoms with Crippen molar-refractivity contribution in [3.05, 3.63) is 35.6 Å². The largest absolute Gasteiger partial charge is 0.459 e. The second kappa shape index (κ2) is 6.46. The van der Waals surface area contributed by atoms with Crippen molar-refractivity contribution < 1.29 is 22.3 Å². The molecule has 21 heavy (non-hydrogen) atoms. The maximum Gasteiger partial charge on any atom is 0.411 e. The summed E-state index contributed by atoms with van der Waals surface area (Å²) >= 11 is 0. The van der Waals surface area contributed by atoms with E-state index < -0.39 is 18.8 Å². The van der Waals surface area contributed by atoms with Gasteiger partial charge in [-0.25, -0.2) is 5.43 Å². The fraction of sp³-hybridized carbons (Fsp3) is 0.429. The number of hydrogen-bond donors (Lipinski definition) is 2. The molecule has 116 valence electrons. The molecule has 0 radical (unpaired) electrons. The van der Waals surface area contributed by atoms with Gasteiger partial charge < -0.3 is 9.15 Å². The van der Waals surface area contributed by atoms with E-state index in [0.29, 0.717) is 11.3 Å². The molecule has 2 aromatic rings. The summed E-state index contributed by atoms with van der Waals surface area (Å²) in [6, 6.07) is 7.17. The molecule has 0 saturated carbocycles. The van der Waals surface area contributed by atoms with E-state index in [1.165, 1.54) is 0 Å². The minimum Gasteiger partial charge on any atom is -0.459 e. The molecule has 1 unspecified atom stereocenters. The van der Waals surface area contributed by atoms with E-state index in [0.717, 1.165) is 10.9 Å². The fourth-order valence-corrected chi connectivity index (χ4v) is 2.05. The summed E-state index contributed by atoms with van der Waals surface area (Å²) in [5, 5.41) is 0.932. The minimum absolute atomic E-state index is 0.0650. The monoisotopic (exact) mass is 302 g/mol. The summed E-state index contributed by atoms with van der Waals surface area (Å²) in [6.45, 7) is 0.643. The van der Waals surface area contributed by atoms with E-state index in [2.05, 4.69) is 10.2 Å². The molecule has 2 rings (SSSR count). The van der Waals surface area contributed by atoms with Crippen LogP contribution in [0.2, 0.25) is 0 Å². The molecule has 0 aliphatic heterocycles. The molecule has 1 heterocycles. The van der Waals surface area contributed by atoms with Crippen molar-refractivity contribution in [3.8, 4) is 0 Å². The molecule has 0 saturated heterocycles. The van der Waals surface area contributed by atoms with Crippen LogP contribution >= 0.6 is 0 Å². The summed E-state index contributed by atoms with van der Waals surface area (Å²) in [5.41, 5.74) is 4.35. The van der Waals surface area contributed by atoms with E-state index >= 15 is 0 Å². The number of alkyl halides is 3. The van der Waals surface area contributed by atoms with Gasteiger partial charge in [-0.2, -0.15) is 13.2 Å². The fourth-order valence-electron chi connectivity index (χ4n) is 2.05. The van der Waals surface area contributed by atoms with Crippen LogP contribution in [-0.2, 0) is 4.74 Å². The number of rotatable bonds is 6. The Bertz CT molecular complexity index is 595. The summed E-state index contributed by atoms with van der Waals surface area (Å²) in [7, 11) is 0. The number of hydrazine groups is 1. The second-order valence-electron chi connectivity index (χ2n) is 4.87. The summed E-state index contributed by atoms with van der Waals surface area (Å²) < 4.78 is 46.2. The Morgan fingerprint density at radius 2 is 2.10 bits per heavy atom. The highest BCUT2D eigenvalue weighted by Gasteiger charge is 2.27. The third-order valence-electron chi connectivity index (χ3n) is 3.05. The third-order valence-corrected chi connectivity index (χ3v) is 3.05. The summed E-state index contributed by atoms with van der Waals surface area (Å²) in [6.07, 6.45) is -4.03. The summed E-state index contributed by atoms with van der Waals surface area (Å²) in [4.78, 5) is 0. The quantitative estimate of drug-likeness (QED) is 0.489. The predicted octanol–water partition coefficient (Wildman–Crippen LogP) is 3.21. The van der Waals surface area contributed by atoms with Crippen LogP contribution in [0.15, 0.2) is 28.7 Å². The zero-order valence-electron chi connectivity index (χ0n) is 11.5. The van der Waals surface area contributed by atoms with Gasteiger partial charge in [-0.1, -0.05) is 11.6 Å². The van der Waals surface area contributed by atoms with Crippen LogP contribution in [0, 0.1) is 6.92 Å². The topological polar surface area (TPSA) is 60.4 Å². The van der Waals surface area contributed by atoms with Crippen molar-refractivity contribution in [1.82, 2.24) is 5.43 Å². The number of benzene rings is 1. The lowest BCUT2D eigenvalue weighted by Crippen LogP contribution is -2.29. The van der Waals surface area contributed by atoms with Gasteiger partial charge in [-0.15, -0.1) is 0 Å². The molecule has 1 aromatic carbocycles. The molecule has 0 aliphatic carbocycles. The molecule has 7 heteroatoms. The first-order chi connectivity index (χ1) is 9.89. The minimum atomic E-state index is -4.32. The standard InChI is InChI=1S/C14H17F3N2O2/c1-9-2-3-12-10(6-9)7-13(21-12)11(19-18)4-5-20-8-14(15,16)17/h2-3,6-7,11,19H,4-5,8,18H2,1H3. The van der Waals surface area contributed by atoms with Crippen molar-refractivity contribution in [2.24, 2.45) is 5.84 Å². The molecular formula is C14H17F3N2O2. The van der Waals surface area contributed by atoms with E-state index in [4.69, 9.17) is 10.3 Å². The normalized spacial score (nSPS) is 13.8. The highest BCUT2D eigenvalue weighted by molar-refractivity contribution is 5.78. The molecule has 1 aromatic heterocycles. The number of nitrogens with two attached hydrogens (primary N) is 1. The molecule has 4 nitrogen and oxygen atoms in total. The molecule has 0 bridgehead atoms. The van der Waals surface area contributed by atoms with Crippen molar-refractivity contribution in [1.29, 1.82) is 0 Å². The van der Waals surface area contributed by atoms with Gasteiger partial charge >= 0.3 is 6.18 Å². The lowest BCUT2D eigenvalue weighted by atomic mass is 10.1. The van der Waals surface area contributed by atoms with Gasteiger partial charge in [0, 0.05) is 12.0 Å². The Balaban J connectivity index is 1.99. The molecule has 0 spiro atoms. The van der Waals surface area contributed by atoms with Crippen molar-refractivity contribution in [2.45, 2.75) is 25.6 Å². The number of fused-ring (bicyclic) bond motifs is 1. The second-order valence-corrected chi connectivity index (χ2v) is 4.87. The van der Waals surface area contributed by atoms with Gasteiger partial charge in [-0.05, 0) is 31.5 Å². The average molecular weight is 302 g/mol. The number of halogens is 3. The molecule has 1 atom stereocenters. The van der Waals surface area contributed by atoms with Crippen LogP contribution < -0.4 is 11.3 Å². The van der Waals surface area contributed by atoms with E-state index in [-0.39, 0.29) is 13.0 Å². The zero-order valence-corrected chi connectivity index (χ0v) is 11.5. The van der Waals surface area contributed by atoms with Gasteiger partial charge in [0.05, 0.1) is 6.04 Å². The van der Waals surface area contributed by atoms with E-state index in [1.807, 2.05) is 31.2 Å². The Labute approximate surface area is 120 Å². The first-order valence-corrected chi connectivity index (χ1v) is 6.50. The van der Waals surface area contributed by atoms with Crippen LogP contribution in [0.25, 0.3) is 11.0 Å². The molecule has 0 amide bonds. The van der Waals surface area contributed by atoms with Gasteiger partial charge in [-0.3, -0.25) is 5.84 Å². The Kier molecular flexibility index (Phi) is 4.87. The lowest BCUT2D eigenvalue weighted by molar-refractivity contribution is -0.174. The van der Waals surface area contributed by atoms with Crippen molar-refractivity contribution in [3.63, 3.8) is 0 Å². The molecule has 0 fully saturated rings. The van der Waals surface area contributed by atoms with Crippen molar-refractivity contribution in [2.75, 3.05) is 13.2 Å². The zero-order chi connectivity index (χ0) is 15.5. The summed E-state index contributed by atoms with van der Waals surface area (Å²) in [5.74, 6) is 6.01. The number of hydrogen-bond acceptors (Lipinski definition) is 4. The highest BCUT2D eigenvalue weighted by Crippen LogP contribution is 2.26. The van der Waals surface area contributed by atoms with Crippen LogP contribution in [0.3, 0.4) is 0 Å². The smallest absolute Gasteiger partial charge is 0.411 e. The Morgan fingerprint density at radius 3 is 2.76 bits per heavy atom. The maximum atomic E-state index is 12.0. The van der Waals surface area contributed by atoms with Gasteiger partial charge in [0.1, 0.15) is 18.0 Å². The predicted molar refractivity (Wildman–Crippen MR) is 72.5 cm³/mol. The van der Waals surface area contributed by atoms with Crippen LogP contribution in [0.4, 0.5) is 13.2 Å². The van der Waals surface area contributed by atoms with Crippen LogP contribution in [0.1, 0.15) is 23.8 Å². The first kappa shape index (κ1) is 15.8. The number of aryl methyl sites for hydroxylation is 1. The van der Waals surface area contributed by atoms with Crippen molar-refractivity contribution >= 4 is 11.0 Å². The SMILES string of the molecule is Cc1ccc2oc(C(CCOCC(F)(F)F)NN)cc2c1. The molecule has 3 N–H and O–H groups in total. The van der Waals surface area contributed by atoms with Crippen LogP contribution in [-0.4, -0.2) is 19.4 Å². The first-order valence-electron chi connectivity index (χ1n) is 6.50. The highest BCUT2D eigenvalue weighted by atomic mass is 19.4. The number of ether oxygens (including phenoxy) is 1. The van der Waals surface area contributed by atoms with Gasteiger partial charge in [0.2, 0.25) is 0 Å². The number of nitrogens with one attached hydrogen (secondary N) is 1. The Hall–Kier alpha value is -1.57. The van der Waals surface area contributed by atoms with E-state index in [1.54, 1.807) is 0 Å². The van der Waals surface area contributed by atoms with Crippen LogP contribution in [0.5, 0.6) is 0 Å². The average Bonchev–Trinajstić information content (AvgIpc) is 2.80. The van der Waals surface area contributed by atoms with Gasteiger partial charge in [0.15, 0.2) is 0 Å². The maximum absolute atomic E-state index is 12.0. The lowest BCUT2D eigenvalue weighted by Gasteiger charge is -2.13.